The third kappa shape index (κ3) is 5.40. The van der Waals surface area contributed by atoms with Crippen molar-refractivity contribution >= 4 is 17.9 Å². The van der Waals surface area contributed by atoms with Gasteiger partial charge in [0.15, 0.2) is 0 Å². The largest absolute Gasteiger partial charge is 0.465 e. The summed E-state index contributed by atoms with van der Waals surface area (Å²) >= 11 is 0. The summed E-state index contributed by atoms with van der Waals surface area (Å²) in [4.78, 5) is 45.3. The predicted octanol–water partition coefficient (Wildman–Crippen LogP) is 3.48. The molecule has 0 aliphatic carbocycles. The smallest absolute Gasteiger partial charge is 0.408 e. The summed E-state index contributed by atoms with van der Waals surface area (Å²) in [6.45, 7) is 2.89. The molecule has 2 aliphatic heterocycles. The van der Waals surface area contributed by atoms with Crippen LogP contribution in [-0.4, -0.2) is 88.4 Å². The summed E-state index contributed by atoms with van der Waals surface area (Å²) in [7, 11) is 0. The molecule has 8 nitrogen and oxygen atoms in total. The lowest BCUT2D eigenvalue weighted by Gasteiger charge is -2.42. The minimum Gasteiger partial charge on any atom is -0.465 e. The monoisotopic (exact) mass is 512 g/mol. The predicted molar refractivity (Wildman–Crippen MR) is 143 cm³/mol. The van der Waals surface area contributed by atoms with Crippen LogP contribution < -0.4 is 0 Å². The van der Waals surface area contributed by atoms with E-state index < -0.39 is 12.1 Å². The highest BCUT2D eigenvalue weighted by Gasteiger charge is 2.40. The molecular weight excluding hydrogens is 480 g/mol. The molecule has 3 aromatic rings. The van der Waals surface area contributed by atoms with Crippen molar-refractivity contribution in [3.63, 3.8) is 0 Å². The van der Waals surface area contributed by atoms with E-state index in [2.05, 4.69) is 53.4 Å². The third-order valence-corrected chi connectivity index (χ3v) is 7.42. The highest BCUT2D eigenvalue weighted by molar-refractivity contribution is 5.91. The lowest BCUT2D eigenvalue weighted by atomic mass is 9.96. The van der Waals surface area contributed by atoms with Crippen molar-refractivity contribution in [1.29, 1.82) is 0 Å². The molecule has 2 aliphatic rings. The standard InChI is InChI=1S/C30H32N4O4/c35-26(22-33-20-21-34(30(37)38)28(29(33)36)25-14-8-3-9-15-25)31-16-18-32(19-17-31)27(23-10-4-1-5-11-23)24-12-6-2-7-13-24/h1-15,27-28H,16-22H2,(H,37,38). The number of hydrogen-bond acceptors (Lipinski definition) is 4. The molecule has 2 saturated heterocycles. The number of amides is 3. The number of carboxylic acid groups (broad SMARTS) is 1. The van der Waals surface area contributed by atoms with Gasteiger partial charge in [0, 0.05) is 39.3 Å². The van der Waals surface area contributed by atoms with Crippen LogP contribution in [0.15, 0.2) is 91.0 Å². The number of carbonyl (C=O) groups is 3. The molecule has 3 aromatic carbocycles. The van der Waals surface area contributed by atoms with Crippen LogP contribution in [0.2, 0.25) is 0 Å². The van der Waals surface area contributed by atoms with Crippen LogP contribution in [0.25, 0.3) is 0 Å². The Morgan fingerprint density at radius 2 is 1.26 bits per heavy atom. The van der Waals surface area contributed by atoms with Crippen LogP contribution in [0.4, 0.5) is 4.79 Å². The Bertz CT molecular complexity index is 1210. The van der Waals surface area contributed by atoms with Gasteiger partial charge in [-0.2, -0.15) is 0 Å². The molecule has 2 fully saturated rings. The quantitative estimate of drug-likeness (QED) is 0.547. The van der Waals surface area contributed by atoms with E-state index in [9.17, 15) is 19.5 Å². The Labute approximate surface area is 222 Å². The number of nitrogens with zero attached hydrogens (tertiary/aromatic N) is 4. The normalized spacial score (nSPS) is 18.6. The molecule has 1 atom stereocenters. The zero-order valence-electron chi connectivity index (χ0n) is 21.2. The highest BCUT2D eigenvalue weighted by atomic mass is 16.4. The molecule has 8 heteroatoms. The van der Waals surface area contributed by atoms with Gasteiger partial charge in [-0.15, -0.1) is 0 Å². The third-order valence-electron chi connectivity index (χ3n) is 7.42. The molecule has 1 unspecified atom stereocenters. The lowest BCUT2D eigenvalue weighted by molar-refractivity contribution is -0.147. The molecule has 196 valence electrons. The van der Waals surface area contributed by atoms with Crippen LogP contribution in [0.5, 0.6) is 0 Å². The van der Waals surface area contributed by atoms with Gasteiger partial charge in [0.25, 0.3) is 5.91 Å². The number of hydrogen-bond donors (Lipinski definition) is 1. The number of benzene rings is 3. The van der Waals surface area contributed by atoms with Crippen LogP contribution in [0, 0.1) is 0 Å². The van der Waals surface area contributed by atoms with Gasteiger partial charge in [0.2, 0.25) is 5.91 Å². The SMILES string of the molecule is O=C(CN1CCN(C(=O)O)C(c2ccccc2)C1=O)N1CCN(C(c2ccccc2)c2ccccc2)CC1. The zero-order chi connectivity index (χ0) is 26.5. The molecular formula is C30H32N4O4. The summed E-state index contributed by atoms with van der Waals surface area (Å²) in [5, 5.41) is 9.67. The average Bonchev–Trinajstić information content (AvgIpc) is 2.96. The first kappa shape index (κ1) is 25.5. The van der Waals surface area contributed by atoms with Gasteiger partial charge in [-0.1, -0.05) is 91.0 Å². The Morgan fingerprint density at radius 3 is 1.79 bits per heavy atom. The van der Waals surface area contributed by atoms with E-state index in [-0.39, 0.29) is 37.5 Å². The van der Waals surface area contributed by atoms with E-state index in [0.29, 0.717) is 31.7 Å². The second kappa shape index (κ2) is 11.5. The Morgan fingerprint density at radius 1 is 0.737 bits per heavy atom. The van der Waals surface area contributed by atoms with Gasteiger partial charge >= 0.3 is 6.09 Å². The van der Waals surface area contributed by atoms with E-state index in [0.717, 1.165) is 4.90 Å². The van der Waals surface area contributed by atoms with Gasteiger partial charge in [0.05, 0.1) is 12.6 Å². The minimum absolute atomic E-state index is 0.0452. The van der Waals surface area contributed by atoms with E-state index in [1.54, 1.807) is 24.3 Å². The maximum Gasteiger partial charge on any atom is 0.408 e. The summed E-state index contributed by atoms with van der Waals surface area (Å²) in [5.74, 6) is -0.463. The first-order valence-electron chi connectivity index (χ1n) is 13.0. The summed E-state index contributed by atoms with van der Waals surface area (Å²) < 4.78 is 0. The van der Waals surface area contributed by atoms with Gasteiger partial charge < -0.3 is 14.9 Å². The Balaban J connectivity index is 1.25. The van der Waals surface area contributed by atoms with Gasteiger partial charge in [-0.05, 0) is 16.7 Å². The molecule has 0 bridgehead atoms. The fourth-order valence-electron chi connectivity index (χ4n) is 5.47. The molecule has 0 aromatic heterocycles. The van der Waals surface area contributed by atoms with Crippen molar-refractivity contribution in [2.75, 3.05) is 45.8 Å². The van der Waals surface area contributed by atoms with Gasteiger partial charge in [0.1, 0.15) is 6.04 Å². The zero-order valence-corrected chi connectivity index (χ0v) is 21.2. The highest BCUT2D eigenvalue weighted by Crippen LogP contribution is 2.30. The van der Waals surface area contributed by atoms with E-state index >= 15 is 0 Å². The van der Waals surface area contributed by atoms with Gasteiger partial charge in [-0.3, -0.25) is 19.4 Å². The second-order valence-electron chi connectivity index (χ2n) is 9.69. The molecule has 2 heterocycles. The molecule has 0 radical (unpaired) electrons. The number of piperazine rings is 2. The van der Waals surface area contributed by atoms with Crippen LogP contribution in [0.1, 0.15) is 28.8 Å². The van der Waals surface area contributed by atoms with E-state index in [1.807, 2.05) is 23.1 Å². The second-order valence-corrected chi connectivity index (χ2v) is 9.69. The van der Waals surface area contributed by atoms with Crippen molar-refractivity contribution in [2.24, 2.45) is 0 Å². The average molecular weight is 513 g/mol. The molecule has 3 amide bonds. The Hall–Kier alpha value is -4.17. The molecule has 0 saturated carbocycles. The molecule has 38 heavy (non-hydrogen) atoms. The van der Waals surface area contributed by atoms with Crippen LogP contribution in [0.3, 0.4) is 0 Å². The van der Waals surface area contributed by atoms with Crippen molar-refractivity contribution in [2.45, 2.75) is 12.1 Å². The van der Waals surface area contributed by atoms with Crippen molar-refractivity contribution < 1.29 is 19.5 Å². The van der Waals surface area contributed by atoms with Crippen molar-refractivity contribution in [3.8, 4) is 0 Å². The molecule has 1 N–H and O–H groups in total. The maximum absolute atomic E-state index is 13.4. The van der Waals surface area contributed by atoms with Gasteiger partial charge in [-0.25, -0.2) is 4.79 Å². The fraction of sp³-hybridized carbons (Fsp3) is 0.300. The Kier molecular flexibility index (Phi) is 7.70. The van der Waals surface area contributed by atoms with E-state index in [4.69, 9.17) is 0 Å². The summed E-state index contributed by atoms with van der Waals surface area (Å²) in [6.07, 6.45) is -1.14. The first-order chi connectivity index (χ1) is 18.5. The van der Waals surface area contributed by atoms with E-state index in [1.165, 1.54) is 16.0 Å². The topological polar surface area (TPSA) is 84.4 Å². The lowest BCUT2D eigenvalue weighted by Crippen LogP contribution is -2.57. The summed E-state index contributed by atoms with van der Waals surface area (Å²) in [5.41, 5.74) is 3.04. The number of carbonyl (C=O) groups excluding carboxylic acids is 2. The fourth-order valence-corrected chi connectivity index (χ4v) is 5.47. The number of rotatable bonds is 6. The van der Waals surface area contributed by atoms with Crippen molar-refractivity contribution in [1.82, 2.24) is 19.6 Å². The van der Waals surface area contributed by atoms with Crippen LogP contribution >= 0.6 is 0 Å². The summed E-state index contributed by atoms with van der Waals surface area (Å²) in [6, 6.07) is 28.8. The van der Waals surface area contributed by atoms with Crippen molar-refractivity contribution in [3.05, 3.63) is 108 Å². The molecule has 5 rings (SSSR count). The maximum atomic E-state index is 13.4. The first-order valence-corrected chi connectivity index (χ1v) is 13.0. The van der Waals surface area contributed by atoms with Crippen LogP contribution in [-0.2, 0) is 9.59 Å². The minimum atomic E-state index is -1.14. The molecule has 0 spiro atoms.